The summed E-state index contributed by atoms with van der Waals surface area (Å²) >= 11 is 0. The van der Waals surface area contributed by atoms with Crippen molar-refractivity contribution in [1.29, 1.82) is 0 Å². The number of rotatable bonds is 3. The molecule has 0 radical (unpaired) electrons. The minimum atomic E-state index is -0.772. The third-order valence-electron chi connectivity index (χ3n) is 3.15. The molecule has 0 spiro atoms. The number of aliphatic hydroxyl groups excluding tert-OH is 2. The number of benzene rings is 1. The van der Waals surface area contributed by atoms with Gasteiger partial charge in [0.15, 0.2) is 0 Å². The number of amides is 1. The van der Waals surface area contributed by atoms with Crippen LogP contribution in [0.2, 0.25) is 0 Å². The Morgan fingerprint density at radius 1 is 1.41 bits per heavy atom. The molecule has 1 aliphatic heterocycles. The zero-order valence-corrected chi connectivity index (χ0v) is 9.78. The fourth-order valence-electron chi connectivity index (χ4n) is 2.35. The van der Waals surface area contributed by atoms with Crippen molar-refractivity contribution >= 4 is 5.91 Å². The van der Waals surface area contributed by atoms with E-state index >= 15 is 0 Å². The topological polar surface area (TPSA) is 60.8 Å². The van der Waals surface area contributed by atoms with E-state index in [2.05, 4.69) is 0 Å². The van der Waals surface area contributed by atoms with E-state index in [0.29, 0.717) is 6.54 Å². The molecule has 1 aromatic carbocycles. The van der Waals surface area contributed by atoms with Crippen molar-refractivity contribution in [2.45, 2.75) is 38.1 Å². The molecule has 1 aliphatic rings. The van der Waals surface area contributed by atoms with E-state index < -0.39 is 18.2 Å². The highest BCUT2D eigenvalue weighted by atomic mass is 16.3. The maximum atomic E-state index is 11.8. The van der Waals surface area contributed by atoms with Crippen LogP contribution >= 0.6 is 0 Å². The van der Waals surface area contributed by atoms with Crippen LogP contribution in [-0.2, 0) is 11.3 Å². The lowest BCUT2D eigenvalue weighted by molar-refractivity contribution is -0.131. The SMILES string of the molecule is C[C@@H](O)[C@H]1[C@@H](O)CC(=O)N1Cc1ccccc1. The van der Waals surface area contributed by atoms with Gasteiger partial charge in [0, 0.05) is 6.54 Å². The van der Waals surface area contributed by atoms with Crippen LogP contribution in [0.25, 0.3) is 0 Å². The van der Waals surface area contributed by atoms with Gasteiger partial charge in [0.05, 0.1) is 24.7 Å². The largest absolute Gasteiger partial charge is 0.391 e. The lowest BCUT2D eigenvalue weighted by Crippen LogP contribution is -2.44. The van der Waals surface area contributed by atoms with E-state index in [1.807, 2.05) is 30.3 Å². The van der Waals surface area contributed by atoms with Crippen LogP contribution in [0.1, 0.15) is 18.9 Å². The highest BCUT2D eigenvalue weighted by molar-refractivity contribution is 5.79. The molecule has 2 N–H and O–H groups in total. The second kappa shape index (κ2) is 4.85. The average Bonchev–Trinajstić information content (AvgIpc) is 2.55. The van der Waals surface area contributed by atoms with Gasteiger partial charge in [0.1, 0.15) is 0 Å². The third kappa shape index (κ3) is 2.48. The summed E-state index contributed by atoms with van der Waals surface area (Å²) in [6, 6.07) is 9.08. The van der Waals surface area contributed by atoms with Gasteiger partial charge in [-0.1, -0.05) is 30.3 Å². The number of hydrogen-bond donors (Lipinski definition) is 2. The third-order valence-corrected chi connectivity index (χ3v) is 3.15. The van der Waals surface area contributed by atoms with Crippen molar-refractivity contribution in [3.63, 3.8) is 0 Å². The molecule has 1 saturated heterocycles. The van der Waals surface area contributed by atoms with Crippen LogP contribution in [0.15, 0.2) is 30.3 Å². The summed E-state index contributed by atoms with van der Waals surface area (Å²) in [6.07, 6.45) is -1.39. The number of carbonyl (C=O) groups is 1. The summed E-state index contributed by atoms with van der Waals surface area (Å²) in [5.74, 6) is -0.104. The molecule has 4 heteroatoms. The molecule has 0 unspecified atom stereocenters. The number of hydrogen-bond acceptors (Lipinski definition) is 3. The fourth-order valence-corrected chi connectivity index (χ4v) is 2.35. The predicted molar refractivity (Wildman–Crippen MR) is 63.1 cm³/mol. The summed E-state index contributed by atoms with van der Waals surface area (Å²) in [6.45, 7) is 2.04. The first kappa shape index (κ1) is 12.1. The monoisotopic (exact) mass is 235 g/mol. The number of nitrogens with zero attached hydrogens (tertiary/aromatic N) is 1. The molecule has 1 heterocycles. The molecule has 1 fully saturated rings. The summed E-state index contributed by atoms with van der Waals surface area (Å²) in [5.41, 5.74) is 1.00. The van der Waals surface area contributed by atoms with Gasteiger partial charge >= 0.3 is 0 Å². The van der Waals surface area contributed by atoms with E-state index in [0.717, 1.165) is 5.56 Å². The highest BCUT2D eigenvalue weighted by Gasteiger charge is 2.41. The first-order valence-electron chi connectivity index (χ1n) is 5.79. The van der Waals surface area contributed by atoms with Crippen LogP contribution in [0.3, 0.4) is 0 Å². The van der Waals surface area contributed by atoms with Crippen LogP contribution in [0.4, 0.5) is 0 Å². The van der Waals surface area contributed by atoms with Gasteiger partial charge in [-0.25, -0.2) is 0 Å². The molecule has 0 bridgehead atoms. The first-order chi connectivity index (χ1) is 8.09. The Hall–Kier alpha value is -1.39. The Morgan fingerprint density at radius 3 is 2.65 bits per heavy atom. The zero-order valence-electron chi connectivity index (χ0n) is 9.78. The average molecular weight is 235 g/mol. The van der Waals surface area contributed by atoms with E-state index in [4.69, 9.17) is 0 Å². The molecule has 92 valence electrons. The van der Waals surface area contributed by atoms with Crippen molar-refractivity contribution in [3.05, 3.63) is 35.9 Å². The van der Waals surface area contributed by atoms with Crippen LogP contribution in [0.5, 0.6) is 0 Å². The van der Waals surface area contributed by atoms with Gasteiger partial charge in [-0.2, -0.15) is 0 Å². The fraction of sp³-hybridized carbons (Fsp3) is 0.462. The minimum Gasteiger partial charge on any atom is -0.391 e. The molecule has 2 rings (SSSR count). The molecular weight excluding hydrogens is 218 g/mol. The number of likely N-dealkylation sites (tertiary alicyclic amines) is 1. The number of aliphatic hydroxyl groups is 2. The van der Waals surface area contributed by atoms with Gasteiger partial charge in [-0.15, -0.1) is 0 Å². The van der Waals surface area contributed by atoms with Gasteiger partial charge in [0.2, 0.25) is 5.91 Å². The molecule has 17 heavy (non-hydrogen) atoms. The summed E-state index contributed by atoms with van der Waals surface area (Å²) in [5, 5.41) is 19.4. The van der Waals surface area contributed by atoms with Crippen molar-refractivity contribution in [2.24, 2.45) is 0 Å². The van der Waals surface area contributed by atoms with E-state index in [1.165, 1.54) is 0 Å². The molecule has 0 aromatic heterocycles. The highest BCUT2D eigenvalue weighted by Crippen LogP contribution is 2.24. The summed E-state index contributed by atoms with van der Waals surface area (Å²) in [4.78, 5) is 13.3. The molecule has 3 atom stereocenters. The minimum absolute atomic E-state index is 0.0996. The Morgan fingerprint density at radius 2 is 2.06 bits per heavy atom. The zero-order chi connectivity index (χ0) is 12.4. The molecule has 4 nitrogen and oxygen atoms in total. The van der Waals surface area contributed by atoms with Crippen LogP contribution in [-0.4, -0.2) is 39.3 Å². The molecule has 0 saturated carbocycles. The van der Waals surface area contributed by atoms with E-state index in [-0.39, 0.29) is 12.3 Å². The second-order valence-electron chi connectivity index (χ2n) is 4.51. The van der Waals surface area contributed by atoms with Crippen LogP contribution in [0, 0.1) is 0 Å². The Kier molecular flexibility index (Phi) is 3.45. The quantitative estimate of drug-likeness (QED) is 0.803. The number of carbonyl (C=O) groups excluding carboxylic acids is 1. The van der Waals surface area contributed by atoms with Crippen molar-refractivity contribution in [2.75, 3.05) is 0 Å². The Balaban J connectivity index is 2.16. The van der Waals surface area contributed by atoms with Gasteiger partial charge < -0.3 is 15.1 Å². The Labute approximate surface area is 100 Å². The maximum absolute atomic E-state index is 11.8. The van der Waals surface area contributed by atoms with Crippen molar-refractivity contribution < 1.29 is 15.0 Å². The van der Waals surface area contributed by atoms with Gasteiger partial charge in [-0.3, -0.25) is 4.79 Å². The van der Waals surface area contributed by atoms with E-state index in [9.17, 15) is 15.0 Å². The summed E-state index contributed by atoms with van der Waals surface area (Å²) < 4.78 is 0. The first-order valence-corrected chi connectivity index (χ1v) is 5.79. The lowest BCUT2D eigenvalue weighted by atomic mass is 10.1. The Bertz CT molecular complexity index is 391. The van der Waals surface area contributed by atoms with Gasteiger partial charge in [0.25, 0.3) is 0 Å². The normalized spacial score (nSPS) is 26.3. The smallest absolute Gasteiger partial charge is 0.225 e. The van der Waals surface area contributed by atoms with Crippen molar-refractivity contribution in [3.8, 4) is 0 Å². The maximum Gasteiger partial charge on any atom is 0.225 e. The van der Waals surface area contributed by atoms with Gasteiger partial charge in [-0.05, 0) is 12.5 Å². The second-order valence-corrected chi connectivity index (χ2v) is 4.51. The standard InChI is InChI=1S/C13H17NO3/c1-9(15)13-11(16)7-12(17)14(13)8-10-5-3-2-4-6-10/h2-6,9,11,13,15-16H,7-8H2,1H3/t9-,11+,13+/m1/s1. The molecular formula is C13H17NO3. The molecule has 0 aliphatic carbocycles. The summed E-state index contributed by atoms with van der Waals surface area (Å²) in [7, 11) is 0. The van der Waals surface area contributed by atoms with Crippen LogP contribution < -0.4 is 0 Å². The van der Waals surface area contributed by atoms with Crippen molar-refractivity contribution in [1.82, 2.24) is 4.90 Å². The lowest BCUT2D eigenvalue weighted by Gasteiger charge is -2.28. The molecule has 1 aromatic rings. The van der Waals surface area contributed by atoms with E-state index in [1.54, 1.807) is 11.8 Å². The molecule has 1 amide bonds. The predicted octanol–water partition coefficient (Wildman–Crippen LogP) is 0.529.